The molecule has 1 amide bonds. The highest BCUT2D eigenvalue weighted by Gasteiger charge is 2.29. The lowest BCUT2D eigenvalue weighted by Gasteiger charge is -2.31. The van der Waals surface area contributed by atoms with Crippen LogP contribution in [0.3, 0.4) is 0 Å². The number of hydrogen-bond donors (Lipinski definition) is 3. The first-order valence-electron chi connectivity index (χ1n) is 13.0. The Kier molecular flexibility index (Phi) is 7.79. The Bertz CT molecular complexity index is 1210. The predicted molar refractivity (Wildman–Crippen MR) is 146 cm³/mol. The summed E-state index contributed by atoms with van der Waals surface area (Å²) in [5, 5.41) is 14.2. The second kappa shape index (κ2) is 10.8. The maximum absolute atomic E-state index is 12.8. The fourth-order valence-electron chi connectivity index (χ4n) is 5.48. The summed E-state index contributed by atoms with van der Waals surface area (Å²) in [5.74, 6) is 2.15. The fourth-order valence-corrected chi connectivity index (χ4v) is 5.48. The van der Waals surface area contributed by atoms with Gasteiger partial charge < -0.3 is 21.1 Å². The number of amides is 1. The van der Waals surface area contributed by atoms with Crippen LogP contribution >= 0.6 is 0 Å². The van der Waals surface area contributed by atoms with E-state index in [0.29, 0.717) is 12.5 Å². The van der Waals surface area contributed by atoms with Gasteiger partial charge in [0.2, 0.25) is 5.91 Å². The van der Waals surface area contributed by atoms with Gasteiger partial charge >= 0.3 is 0 Å². The average molecular weight is 490 g/mol. The molecule has 4 rings (SSSR count). The first-order chi connectivity index (χ1) is 17.1. The molecule has 1 saturated carbocycles. The number of nitrogen functional groups attached to an aromatic ring is 1. The van der Waals surface area contributed by atoms with E-state index in [0.717, 1.165) is 65.0 Å². The number of nitrogens with two attached hydrogens (primary N) is 1. The minimum Gasteiger partial charge on any atom is -0.399 e. The van der Waals surface area contributed by atoms with Crippen molar-refractivity contribution < 1.29 is 9.90 Å². The van der Waals surface area contributed by atoms with Crippen LogP contribution in [-0.4, -0.2) is 45.6 Å². The van der Waals surface area contributed by atoms with Crippen molar-refractivity contribution in [3.8, 4) is 0 Å². The third kappa shape index (κ3) is 5.95. The first kappa shape index (κ1) is 25.9. The minimum atomic E-state index is -0.507. The zero-order valence-corrected chi connectivity index (χ0v) is 22.1. The largest absolute Gasteiger partial charge is 0.399 e. The molecular formula is C29H39N5O2. The lowest BCUT2D eigenvalue weighted by atomic mass is 9.78. The maximum Gasteiger partial charge on any atom is 0.225 e. The van der Waals surface area contributed by atoms with E-state index in [1.165, 1.54) is 5.56 Å². The van der Waals surface area contributed by atoms with Gasteiger partial charge in [0.1, 0.15) is 11.6 Å². The number of carbonyl (C=O) groups is 1. The van der Waals surface area contributed by atoms with Gasteiger partial charge in [-0.05, 0) is 100 Å². The van der Waals surface area contributed by atoms with Crippen LogP contribution in [0.2, 0.25) is 0 Å². The van der Waals surface area contributed by atoms with Crippen LogP contribution in [0.5, 0.6) is 0 Å². The maximum atomic E-state index is 12.8. The van der Waals surface area contributed by atoms with E-state index in [1.807, 2.05) is 19.1 Å². The number of nitrogens with one attached hydrogen (secondary N) is 1. The highest BCUT2D eigenvalue weighted by molar-refractivity contribution is 5.90. The highest BCUT2D eigenvalue weighted by atomic mass is 16.3. The van der Waals surface area contributed by atoms with Crippen LogP contribution in [0.4, 0.5) is 11.5 Å². The molecule has 0 bridgehead atoms. The molecule has 1 aliphatic carbocycles. The van der Waals surface area contributed by atoms with E-state index in [2.05, 4.69) is 48.4 Å². The third-order valence-corrected chi connectivity index (χ3v) is 7.27. The van der Waals surface area contributed by atoms with Crippen molar-refractivity contribution in [1.29, 1.82) is 0 Å². The predicted octanol–water partition coefficient (Wildman–Crippen LogP) is 5.11. The third-order valence-electron chi connectivity index (χ3n) is 7.27. The number of aryl methyl sites for hydroxylation is 2. The van der Waals surface area contributed by atoms with E-state index < -0.39 is 6.10 Å². The topological polar surface area (TPSA) is 104 Å². The molecule has 1 aliphatic rings. The highest BCUT2D eigenvalue weighted by Crippen LogP contribution is 2.38. The van der Waals surface area contributed by atoms with Crippen molar-refractivity contribution in [3.05, 3.63) is 58.9 Å². The lowest BCUT2D eigenvalue weighted by Crippen LogP contribution is -2.38. The SMILES string of the molecule is Cc1cc(N)cc([C@@H](C)Nc2nc(C)nc3ccc(C4CCC(C(=O)N(C)C[C@@H](C)O)CC4)cc23)c1. The van der Waals surface area contributed by atoms with E-state index in [9.17, 15) is 9.90 Å². The molecule has 7 nitrogen and oxygen atoms in total. The van der Waals surface area contributed by atoms with Gasteiger partial charge in [0.15, 0.2) is 0 Å². The summed E-state index contributed by atoms with van der Waals surface area (Å²) < 4.78 is 0. The Hall–Kier alpha value is -3.19. The molecule has 36 heavy (non-hydrogen) atoms. The van der Waals surface area contributed by atoms with E-state index in [-0.39, 0.29) is 17.9 Å². The van der Waals surface area contributed by atoms with Gasteiger partial charge in [-0.2, -0.15) is 0 Å². The van der Waals surface area contributed by atoms with E-state index in [4.69, 9.17) is 10.7 Å². The number of anilines is 2. The number of carbonyl (C=O) groups excluding carboxylic acids is 1. The molecule has 2 aromatic carbocycles. The summed E-state index contributed by atoms with van der Waals surface area (Å²) in [6.45, 7) is 8.18. The molecule has 0 aliphatic heterocycles. The molecule has 1 heterocycles. The summed E-state index contributed by atoms with van der Waals surface area (Å²) in [7, 11) is 1.78. The van der Waals surface area contributed by atoms with Gasteiger partial charge in [-0.25, -0.2) is 9.97 Å². The number of likely N-dealkylation sites (N-methyl/N-ethyl adjacent to an activating group) is 1. The van der Waals surface area contributed by atoms with Crippen LogP contribution < -0.4 is 11.1 Å². The Morgan fingerprint density at radius 2 is 1.83 bits per heavy atom. The van der Waals surface area contributed by atoms with Gasteiger partial charge in [0.25, 0.3) is 0 Å². The number of aliphatic hydroxyl groups is 1. The molecule has 192 valence electrons. The quantitative estimate of drug-likeness (QED) is 0.398. The van der Waals surface area contributed by atoms with Gasteiger partial charge in [0.05, 0.1) is 17.7 Å². The fraction of sp³-hybridized carbons (Fsp3) is 0.483. The van der Waals surface area contributed by atoms with Gasteiger partial charge in [-0.1, -0.05) is 12.1 Å². The standard InChI is InChI=1S/C29H39N5O2/c1-17-12-24(14-25(30)13-17)19(3)31-28-26-15-23(10-11-27(26)32-20(4)33-28)21-6-8-22(9-7-21)29(36)34(5)16-18(2)35/h10-15,18-19,21-22,35H,6-9,16,30H2,1-5H3,(H,31,32,33)/t18-,19-,21?,22?/m1/s1. The smallest absolute Gasteiger partial charge is 0.225 e. The van der Waals surface area contributed by atoms with Crippen LogP contribution in [0.1, 0.15) is 74.0 Å². The van der Waals surface area contributed by atoms with Crippen molar-refractivity contribution in [2.75, 3.05) is 24.6 Å². The van der Waals surface area contributed by atoms with Gasteiger partial charge in [-0.3, -0.25) is 4.79 Å². The minimum absolute atomic E-state index is 0.0356. The number of nitrogens with zero attached hydrogens (tertiary/aromatic N) is 3. The number of fused-ring (bicyclic) bond motifs is 1. The summed E-state index contributed by atoms with van der Waals surface area (Å²) in [4.78, 5) is 23.9. The normalized spacial score (nSPS) is 19.6. The second-order valence-electron chi connectivity index (χ2n) is 10.6. The van der Waals surface area contributed by atoms with Crippen molar-refractivity contribution in [2.24, 2.45) is 5.92 Å². The van der Waals surface area contributed by atoms with Crippen molar-refractivity contribution in [3.63, 3.8) is 0 Å². The molecule has 3 aromatic rings. The summed E-state index contributed by atoms with van der Waals surface area (Å²) in [6, 6.07) is 12.6. The molecule has 4 N–H and O–H groups in total. The number of rotatable bonds is 7. The molecule has 0 radical (unpaired) electrons. The molecule has 0 spiro atoms. The molecule has 0 unspecified atom stereocenters. The lowest BCUT2D eigenvalue weighted by molar-refractivity contribution is -0.136. The summed E-state index contributed by atoms with van der Waals surface area (Å²) in [6.07, 6.45) is 3.17. The molecule has 7 heteroatoms. The number of aliphatic hydroxyl groups excluding tert-OH is 1. The molecule has 0 saturated heterocycles. The average Bonchev–Trinajstić information content (AvgIpc) is 2.82. The Morgan fingerprint density at radius 3 is 2.50 bits per heavy atom. The van der Waals surface area contributed by atoms with E-state index >= 15 is 0 Å². The first-order valence-corrected chi connectivity index (χ1v) is 13.0. The molecular weight excluding hydrogens is 450 g/mol. The van der Waals surface area contributed by atoms with Gasteiger partial charge in [-0.15, -0.1) is 0 Å². The van der Waals surface area contributed by atoms with E-state index in [1.54, 1.807) is 18.9 Å². The van der Waals surface area contributed by atoms with Crippen molar-refractivity contribution in [1.82, 2.24) is 14.9 Å². The molecule has 1 aromatic heterocycles. The van der Waals surface area contributed by atoms with Crippen molar-refractivity contribution >= 4 is 28.3 Å². The molecule has 1 fully saturated rings. The zero-order valence-electron chi connectivity index (χ0n) is 22.1. The summed E-state index contributed by atoms with van der Waals surface area (Å²) >= 11 is 0. The number of benzene rings is 2. The number of aromatic nitrogens is 2. The monoisotopic (exact) mass is 489 g/mol. The Morgan fingerprint density at radius 1 is 1.11 bits per heavy atom. The zero-order chi connectivity index (χ0) is 26.0. The van der Waals surface area contributed by atoms with Crippen LogP contribution in [0.25, 0.3) is 10.9 Å². The molecule has 2 atom stereocenters. The van der Waals surface area contributed by atoms with Gasteiger partial charge in [0, 0.05) is 30.6 Å². The Labute approximate surface area is 214 Å². The van der Waals surface area contributed by atoms with Crippen LogP contribution in [0.15, 0.2) is 36.4 Å². The second-order valence-corrected chi connectivity index (χ2v) is 10.6. The Balaban J connectivity index is 1.52. The van der Waals surface area contributed by atoms with Crippen LogP contribution in [-0.2, 0) is 4.79 Å². The van der Waals surface area contributed by atoms with Crippen LogP contribution in [0, 0.1) is 19.8 Å². The number of hydrogen-bond acceptors (Lipinski definition) is 6. The summed E-state index contributed by atoms with van der Waals surface area (Å²) in [5.41, 5.74) is 11.3. The van der Waals surface area contributed by atoms with Crippen molar-refractivity contribution in [2.45, 2.75) is 71.4 Å².